The van der Waals surface area contributed by atoms with Gasteiger partial charge in [0.05, 0.1) is 24.3 Å². The summed E-state index contributed by atoms with van der Waals surface area (Å²) in [6, 6.07) is 5.79. The van der Waals surface area contributed by atoms with E-state index in [1.54, 1.807) is 16.8 Å². The van der Waals surface area contributed by atoms with E-state index >= 15 is 0 Å². The number of carboxylic acids is 1. The maximum atomic E-state index is 13.5. The Morgan fingerprint density at radius 3 is 2.38 bits per heavy atom. The Morgan fingerprint density at radius 2 is 1.82 bits per heavy atom. The van der Waals surface area contributed by atoms with Gasteiger partial charge in [0.2, 0.25) is 0 Å². The number of aliphatic hydroxyl groups excluding tert-OH is 2. The van der Waals surface area contributed by atoms with Crippen molar-refractivity contribution in [1.82, 2.24) is 15.1 Å². The first-order valence-corrected chi connectivity index (χ1v) is 11.4. The Balaban J connectivity index is 0.00000408. The summed E-state index contributed by atoms with van der Waals surface area (Å²) in [5.41, 5.74) is 2.38. The van der Waals surface area contributed by atoms with Gasteiger partial charge in [-0.2, -0.15) is 5.10 Å². The van der Waals surface area contributed by atoms with Crippen LogP contribution in [-0.2, 0) is 11.2 Å². The third kappa shape index (κ3) is 7.88. The Labute approximate surface area is 220 Å². The van der Waals surface area contributed by atoms with E-state index in [4.69, 9.17) is 5.11 Å². The number of aromatic nitrogens is 2. The van der Waals surface area contributed by atoms with E-state index in [0.29, 0.717) is 30.3 Å². The molecule has 1 amide bonds. The van der Waals surface area contributed by atoms with E-state index in [0.717, 1.165) is 24.1 Å². The molecule has 0 bridgehead atoms. The second-order valence-electron chi connectivity index (χ2n) is 9.09. The molecule has 182 valence electrons. The Bertz CT molecular complexity index is 976. The van der Waals surface area contributed by atoms with Gasteiger partial charge in [-0.1, -0.05) is 13.8 Å². The first-order chi connectivity index (χ1) is 15.7. The molecule has 1 aliphatic rings. The van der Waals surface area contributed by atoms with Gasteiger partial charge in [-0.15, -0.1) is 0 Å². The van der Waals surface area contributed by atoms with E-state index in [9.17, 15) is 24.2 Å². The zero-order valence-corrected chi connectivity index (χ0v) is 19.0. The monoisotopic (exact) mass is 485 g/mol. The second-order valence-corrected chi connectivity index (χ2v) is 9.09. The fourth-order valence-corrected chi connectivity index (χ4v) is 3.94. The second kappa shape index (κ2) is 12.8. The SMILES string of the molecule is CC(C)c1c(C(=O)NCC2CC2)nn(-c2ccc(F)cc2)c1CC[C@@H](O)C[C@@H](O)CC(=O)O.[NaH]. The molecular formula is C24H33FN3NaO5. The summed E-state index contributed by atoms with van der Waals surface area (Å²) in [5.74, 6) is -1.30. The number of carbonyl (C=O) groups excluding carboxylic acids is 1. The van der Waals surface area contributed by atoms with Crippen LogP contribution in [0.25, 0.3) is 5.69 Å². The zero-order valence-electron chi connectivity index (χ0n) is 19.0. The molecule has 0 radical (unpaired) electrons. The molecule has 10 heteroatoms. The van der Waals surface area contributed by atoms with Crippen LogP contribution in [0.15, 0.2) is 24.3 Å². The van der Waals surface area contributed by atoms with Crippen LogP contribution in [0.3, 0.4) is 0 Å². The van der Waals surface area contributed by atoms with Crippen LogP contribution in [0.1, 0.15) is 73.6 Å². The van der Waals surface area contributed by atoms with Crippen molar-refractivity contribution in [2.45, 2.75) is 70.5 Å². The van der Waals surface area contributed by atoms with Crippen LogP contribution < -0.4 is 5.32 Å². The van der Waals surface area contributed by atoms with E-state index in [1.165, 1.54) is 12.1 Å². The van der Waals surface area contributed by atoms with Crippen molar-refractivity contribution in [2.24, 2.45) is 5.92 Å². The normalized spacial score (nSPS) is 15.0. The third-order valence-electron chi connectivity index (χ3n) is 5.80. The van der Waals surface area contributed by atoms with Gasteiger partial charge in [-0.25, -0.2) is 9.07 Å². The molecule has 0 saturated heterocycles. The number of aliphatic hydroxyl groups is 2. The summed E-state index contributed by atoms with van der Waals surface area (Å²) < 4.78 is 15.1. The Morgan fingerprint density at radius 1 is 1.18 bits per heavy atom. The first-order valence-electron chi connectivity index (χ1n) is 11.4. The van der Waals surface area contributed by atoms with Gasteiger partial charge in [-0.05, 0) is 68.2 Å². The van der Waals surface area contributed by atoms with Crippen molar-refractivity contribution in [2.75, 3.05) is 6.54 Å². The number of rotatable bonds is 12. The number of nitrogens with zero attached hydrogens (tertiary/aromatic N) is 2. The predicted molar refractivity (Wildman–Crippen MR) is 127 cm³/mol. The summed E-state index contributed by atoms with van der Waals surface area (Å²) in [5, 5.41) is 36.5. The molecule has 34 heavy (non-hydrogen) atoms. The quantitative estimate of drug-likeness (QED) is 0.342. The number of benzene rings is 1. The first kappa shape index (κ1) is 28.5. The topological polar surface area (TPSA) is 125 Å². The average molecular weight is 486 g/mol. The molecule has 1 saturated carbocycles. The van der Waals surface area contributed by atoms with Crippen LogP contribution in [-0.4, -0.2) is 85.3 Å². The van der Waals surface area contributed by atoms with Crippen LogP contribution in [0.4, 0.5) is 4.39 Å². The van der Waals surface area contributed by atoms with Crippen molar-refractivity contribution in [3.8, 4) is 5.69 Å². The number of amides is 1. The van der Waals surface area contributed by atoms with Crippen molar-refractivity contribution in [3.63, 3.8) is 0 Å². The van der Waals surface area contributed by atoms with E-state index in [1.807, 2.05) is 13.8 Å². The van der Waals surface area contributed by atoms with Crippen molar-refractivity contribution < 1.29 is 29.3 Å². The standard InChI is InChI=1S/C24H32FN3O5.Na.H/c1-14(2)22-20(10-9-18(29)11-19(30)12-21(31)32)28(17-7-5-16(25)6-8-17)27-23(22)24(33)26-13-15-3-4-15;;/h5-8,14-15,18-19,29-30H,3-4,9-13H2,1-2H3,(H,26,33)(H,31,32);;/t18-,19-;;/m1../s1. The van der Waals surface area contributed by atoms with Gasteiger partial charge >= 0.3 is 35.5 Å². The fraction of sp³-hybridized carbons (Fsp3) is 0.542. The van der Waals surface area contributed by atoms with Gasteiger partial charge in [0.25, 0.3) is 5.91 Å². The van der Waals surface area contributed by atoms with E-state index in [2.05, 4.69) is 10.4 Å². The number of hydrogen-bond acceptors (Lipinski definition) is 5. The Kier molecular flexibility index (Phi) is 10.7. The summed E-state index contributed by atoms with van der Waals surface area (Å²) >= 11 is 0. The molecule has 2 aromatic rings. The van der Waals surface area contributed by atoms with Crippen LogP contribution in [0, 0.1) is 11.7 Å². The van der Waals surface area contributed by atoms with Gasteiger partial charge < -0.3 is 20.6 Å². The summed E-state index contributed by atoms with van der Waals surface area (Å²) in [6.07, 6.45) is 0.226. The minimum absolute atomic E-state index is 0. The predicted octanol–water partition coefficient (Wildman–Crippen LogP) is 2.15. The maximum absolute atomic E-state index is 13.5. The third-order valence-corrected chi connectivity index (χ3v) is 5.80. The summed E-state index contributed by atoms with van der Waals surface area (Å²) in [7, 11) is 0. The molecule has 1 heterocycles. The molecule has 1 aliphatic carbocycles. The van der Waals surface area contributed by atoms with Gasteiger partial charge in [-0.3, -0.25) is 9.59 Å². The summed E-state index contributed by atoms with van der Waals surface area (Å²) in [4.78, 5) is 23.7. The van der Waals surface area contributed by atoms with Crippen molar-refractivity contribution in [3.05, 3.63) is 47.0 Å². The Hall–Kier alpha value is -1.78. The van der Waals surface area contributed by atoms with Gasteiger partial charge in [0, 0.05) is 17.8 Å². The number of carboxylic acid groups (broad SMARTS) is 1. The van der Waals surface area contributed by atoms with Crippen molar-refractivity contribution in [1.29, 1.82) is 0 Å². The van der Waals surface area contributed by atoms with E-state index in [-0.39, 0.29) is 60.0 Å². The number of halogens is 1. The molecule has 0 aliphatic heterocycles. The number of carbonyl (C=O) groups is 2. The molecule has 4 N–H and O–H groups in total. The number of aliphatic carboxylic acids is 1. The molecule has 0 unspecified atom stereocenters. The molecule has 1 fully saturated rings. The summed E-state index contributed by atoms with van der Waals surface area (Å²) in [6.45, 7) is 4.52. The molecule has 2 atom stereocenters. The molecule has 0 spiro atoms. The average Bonchev–Trinajstić information content (AvgIpc) is 3.48. The van der Waals surface area contributed by atoms with Crippen molar-refractivity contribution >= 4 is 41.4 Å². The van der Waals surface area contributed by atoms with Gasteiger partial charge in [0.1, 0.15) is 5.82 Å². The molecule has 1 aromatic heterocycles. The zero-order chi connectivity index (χ0) is 24.1. The molecular weight excluding hydrogens is 452 g/mol. The fourth-order valence-electron chi connectivity index (χ4n) is 3.94. The molecule has 8 nitrogen and oxygen atoms in total. The molecule has 3 rings (SSSR count). The van der Waals surface area contributed by atoms with Crippen LogP contribution >= 0.6 is 0 Å². The van der Waals surface area contributed by atoms with E-state index < -0.39 is 24.6 Å². The molecule has 1 aromatic carbocycles. The van der Waals surface area contributed by atoms with Crippen LogP contribution in [0.5, 0.6) is 0 Å². The van der Waals surface area contributed by atoms with Gasteiger partial charge in [0.15, 0.2) is 5.69 Å². The minimum atomic E-state index is -1.15. The number of nitrogens with one attached hydrogen (secondary N) is 1. The number of hydrogen-bond donors (Lipinski definition) is 4. The van der Waals surface area contributed by atoms with Crippen LogP contribution in [0.2, 0.25) is 0 Å².